The van der Waals surface area contributed by atoms with Crippen LogP contribution in [0, 0.1) is 0 Å². The fourth-order valence-corrected chi connectivity index (χ4v) is 5.59. The highest BCUT2D eigenvalue weighted by Gasteiger charge is 2.20. The number of aromatic amines is 2. The molecule has 1 unspecified atom stereocenters. The molecule has 1 atom stereocenters. The summed E-state index contributed by atoms with van der Waals surface area (Å²) in [6.45, 7) is 7.60. The maximum Gasteiger partial charge on any atom is 0.225 e. The monoisotopic (exact) mass is 582 g/mol. The Morgan fingerprint density at radius 1 is 0.872 bits per heavy atom. The van der Waals surface area contributed by atoms with Crippen LogP contribution < -0.4 is 5.32 Å². The van der Waals surface area contributed by atoms with Crippen molar-refractivity contribution in [1.29, 1.82) is 0 Å². The smallest absolute Gasteiger partial charge is 0.225 e. The molecule has 1 aromatic carbocycles. The van der Waals surface area contributed by atoms with Crippen molar-refractivity contribution in [2.75, 3.05) is 11.9 Å². The summed E-state index contributed by atoms with van der Waals surface area (Å²) in [5.41, 5.74) is 6.76. The Labute approximate surface area is 238 Å². The summed E-state index contributed by atoms with van der Waals surface area (Å²) in [6, 6.07) is 8.38. The van der Waals surface area contributed by atoms with Crippen LogP contribution in [0.5, 0.6) is 0 Å². The van der Waals surface area contributed by atoms with E-state index < -0.39 is 0 Å². The van der Waals surface area contributed by atoms with Crippen LogP contribution in [0.2, 0.25) is 15.7 Å². The van der Waals surface area contributed by atoms with Gasteiger partial charge < -0.3 is 9.88 Å². The Hall–Kier alpha value is -3.47. The van der Waals surface area contributed by atoms with Crippen LogP contribution in [0.4, 0.5) is 5.82 Å². The zero-order valence-electron chi connectivity index (χ0n) is 21.4. The van der Waals surface area contributed by atoms with Gasteiger partial charge in [-0.2, -0.15) is 15.2 Å². The summed E-state index contributed by atoms with van der Waals surface area (Å²) < 4.78 is 2.25. The third kappa shape index (κ3) is 4.77. The van der Waals surface area contributed by atoms with E-state index >= 15 is 0 Å². The number of para-hydroxylation sites is 1. The Kier molecular flexibility index (Phi) is 6.78. The Morgan fingerprint density at radius 2 is 1.56 bits per heavy atom. The van der Waals surface area contributed by atoms with Gasteiger partial charge in [-0.1, -0.05) is 50.6 Å². The predicted octanol–water partition coefficient (Wildman–Crippen LogP) is 6.52. The van der Waals surface area contributed by atoms with E-state index in [-0.39, 0.29) is 27.6 Å². The highest BCUT2D eigenvalue weighted by Crippen LogP contribution is 2.30. The second-order valence-corrected chi connectivity index (χ2v) is 10.9. The van der Waals surface area contributed by atoms with E-state index in [1.807, 2.05) is 6.07 Å². The molecule has 10 nitrogen and oxygen atoms in total. The quantitative estimate of drug-likeness (QED) is 0.138. The normalized spacial score (nSPS) is 12.8. The topological polar surface area (TPSA) is 126 Å². The molecule has 0 aliphatic carbocycles. The number of aromatic nitrogens is 9. The first-order valence-corrected chi connectivity index (χ1v) is 13.7. The maximum absolute atomic E-state index is 6.24. The SMILES string of the molecule is CC(C)c1n[nH]c2c(NCCc3cn(CC(C)c4n[nH]c5c(Cl)nc(Cl)nc45)c4ccccc34)nc(Cl)nc12. The third-order valence-electron chi connectivity index (χ3n) is 6.82. The molecule has 13 heteroatoms. The van der Waals surface area contributed by atoms with Gasteiger partial charge in [0.05, 0.1) is 11.4 Å². The lowest BCUT2D eigenvalue weighted by molar-refractivity contribution is 0.600. The van der Waals surface area contributed by atoms with Crippen molar-refractivity contribution in [2.45, 2.75) is 45.6 Å². The molecule has 0 spiro atoms. The van der Waals surface area contributed by atoms with Gasteiger partial charge in [-0.15, -0.1) is 0 Å². The van der Waals surface area contributed by atoms with Gasteiger partial charge in [0.2, 0.25) is 10.6 Å². The van der Waals surface area contributed by atoms with Crippen molar-refractivity contribution in [2.24, 2.45) is 0 Å². The number of fused-ring (bicyclic) bond motifs is 3. The van der Waals surface area contributed by atoms with Crippen molar-refractivity contribution in [3.63, 3.8) is 0 Å². The molecule has 0 aliphatic rings. The molecule has 6 aromatic rings. The molecule has 0 fully saturated rings. The van der Waals surface area contributed by atoms with Gasteiger partial charge in [0.15, 0.2) is 11.0 Å². The van der Waals surface area contributed by atoms with Gasteiger partial charge in [0, 0.05) is 36.1 Å². The molecule has 200 valence electrons. The summed E-state index contributed by atoms with van der Waals surface area (Å²) in [7, 11) is 0. The molecular weight excluding hydrogens is 559 g/mol. The van der Waals surface area contributed by atoms with E-state index in [0.29, 0.717) is 29.9 Å². The average Bonchev–Trinajstić information content (AvgIpc) is 3.60. The number of halogens is 3. The summed E-state index contributed by atoms with van der Waals surface area (Å²) in [4.78, 5) is 17.2. The van der Waals surface area contributed by atoms with Gasteiger partial charge in [0.25, 0.3) is 0 Å². The minimum absolute atomic E-state index is 0.0366. The molecule has 0 saturated carbocycles. The van der Waals surface area contributed by atoms with Crippen molar-refractivity contribution < 1.29 is 0 Å². The van der Waals surface area contributed by atoms with E-state index in [2.05, 4.69) is 95.4 Å². The summed E-state index contributed by atoms with van der Waals surface area (Å²) >= 11 is 18.5. The molecule has 0 amide bonds. The van der Waals surface area contributed by atoms with Crippen LogP contribution in [0.1, 0.15) is 49.6 Å². The Bertz CT molecular complexity index is 1820. The fourth-order valence-electron chi connectivity index (χ4n) is 5.00. The number of hydrogen-bond acceptors (Lipinski definition) is 7. The number of nitrogens with zero attached hydrogens (tertiary/aromatic N) is 7. The molecule has 0 saturated heterocycles. The van der Waals surface area contributed by atoms with E-state index in [0.717, 1.165) is 34.4 Å². The van der Waals surface area contributed by atoms with Crippen LogP contribution >= 0.6 is 34.8 Å². The van der Waals surface area contributed by atoms with Crippen LogP contribution in [-0.4, -0.2) is 51.4 Å². The Morgan fingerprint density at radius 3 is 2.36 bits per heavy atom. The second kappa shape index (κ2) is 10.3. The van der Waals surface area contributed by atoms with Crippen LogP contribution in [-0.2, 0) is 13.0 Å². The van der Waals surface area contributed by atoms with Crippen molar-refractivity contribution in [3.8, 4) is 0 Å². The zero-order valence-corrected chi connectivity index (χ0v) is 23.7. The van der Waals surface area contributed by atoms with E-state index in [1.165, 1.54) is 10.9 Å². The summed E-state index contributed by atoms with van der Waals surface area (Å²) in [5.74, 6) is 0.896. The van der Waals surface area contributed by atoms with E-state index in [4.69, 9.17) is 34.8 Å². The molecule has 0 bridgehead atoms. The lowest BCUT2D eigenvalue weighted by Crippen LogP contribution is -2.08. The van der Waals surface area contributed by atoms with Gasteiger partial charge in [-0.3, -0.25) is 10.2 Å². The summed E-state index contributed by atoms with van der Waals surface area (Å²) in [6.07, 6.45) is 2.97. The number of benzene rings is 1. The first-order valence-electron chi connectivity index (χ1n) is 12.6. The minimum atomic E-state index is 0.0366. The van der Waals surface area contributed by atoms with Crippen LogP contribution in [0.25, 0.3) is 33.0 Å². The molecule has 39 heavy (non-hydrogen) atoms. The maximum atomic E-state index is 6.24. The molecular formula is C26H25Cl3N10. The second-order valence-electron chi connectivity index (χ2n) is 9.85. The number of rotatable bonds is 8. The molecule has 0 aliphatic heterocycles. The zero-order chi connectivity index (χ0) is 27.3. The van der Waals surface area contributed by atoms with E-state index in [1.54, 1.807) is 0 Å². The molecule has 3 N–H and O–H groups in total. The molecule has 6 rings (SSSR count). The minimum Gasteiger partial charge on any atom is -0.368 e. The lowest BCUT2D eigenvalue weighted by Gasteiger charge is -2.12. The first-order chi connectivity index (χ1) is 18.8. The van der Waals surface area contributed by atoms with Gasteiger partial charge in [-0.25, -0.2) is 15.0 Å². The number of H-pyrrole nitrogens is 2. The molecule has 5 heterocycles. The fraction of sp³-hybridized carbons (Fsp3) is 0.308. The first kappa shape index (κ1) is 25.8. The van der Waals surface area contributed by atoms with E-state index in [9.17, 15) is 0 Å². The third-order valence-corrected chi connectivity index (χ3v) is 7.43. The number of anilines is 1. The average molecular weight is 584 g/mol. The predicted molar refractivity (Wildman–Crippen MR) is 155 cm³/mol. The Balaban J connectivity index is 1.24. The molecule has 5 aromatic heterocycles. The van der Waals surface area contributed by atoms with Gasteiger partial charge >= 0.3 is 0 Å². The van der Waals surface area contributed by atoms with Crippen molar-refractivity contribution in [1.82, 2.24) is 44.9 Å². The highest BCUT2D eigenvalue weighted by molar-refractivity contribution is 6.35. The van der Waals surface area contributed by atoms with Crippen LogP contribution in [0.3, 0.4) is 0 Å². The number of hydrogen-bond donors (Lipinski definition) is 3. The summed E-state index contributed by atoms with van der Waals surface area (Å²) in [5, 5.41) is 20.1. The van der Waals surface area contributed by atoms with Gasteiger partial charge in [-0.05, 0) is 47.2 Å². The lowest BCUT2D eigenvalue weighted by atomic mass is 10.1. The van der Waals surface area contributed by atoms with Crippen molar-refractivity contribution >= 4 is 73.6 Å². The van der Waals surface area contributed by atoms with Crippen molar-refractivity contribution in [3.05, 3.63) is 63.1 Å². The van der Waals surface area contributed by atoms with Gasteiger partial charge in [0.1, 0.15) is 22.1 Å². The molecule has 0 radical (unpaired) electrons. The highest BCUT2D eigenvalue weighted by atomic mass is 35.5. The van der Waals surface area contributed by atoms with Crippen LogP contribution in [0.15, 0.2) is 30.5 Å². The standard InChI is InChI=1S/C26H25Cl3N10/c1-12(2)17-19-22(38-35-17)24(34-26(29)31-19)30-9-8-14-11-39(16-7-5-4-6-15(14)16)10-13(3)18-20-21(37-36-18)23(27)33-25(28)32-20/h4-7,11-13H,8-10H2,1-3H3,(H,35,38)(H,36,37)(H,30,31,34). The largest absolute Gasteiger partial charge is 0.368 e. The number of nitrogens with one attached hydrogen (secondary N) is 3.